The third kappa shape index (κ3) is 4.26. The van der Waals surface area contributed by atoms with E-state index in [1.807, 2.05) is 26.8 Å². The van der Waals surface area contributed by atoms with Crippen molar-refractivity contribution in [3.05, 3.63) is 63.1 Å². The second kappa shape index (κ2) is 7.64. The zero-order valence-electron chi connectivity index (χ0n) is 15.9. The quantitative estimate of drug-likeness (QED) is 0.771. The van der Waals surface area contributed by atoms with E-state index in [4.69, 9.17) is 23.2 Å². The summed E-state index contributed by atoms with van der Waals surface area (Å²) in [5.74, 6) is -0.534. The number of amides is 2. The topological polar surface area (TPSA) is 69.6 Å². The monoisotopic (exact) mass is 420 g/mol. The van der Waals surface area contributed by atoms with Crippen LogP contribution in [0.25, 0.3) is 0 Å². The molecule has 2 aromatic carbocycles. The number of aromatic hydroxyl groups is 1. The first-order valence-corrected chi connectivity index (χ1v) is 9.72. The molecule has 28 heavy (non-hydrogen) atoms. The molecule has 2 aromatic rings. The van der Waals surface area contributed by atoms with Crippen molar-refractivity contribution in [2.24, 2.45) is 0 Å². The molecule has 0 aromatic heterocycles. The number of fused-ring (bicyclic) bond motifs is 1. The molecule has 1 heterocycles. The van der Waals surface area contributed by atoms with Crippen LogP contribution in [-0.4, -0.2) is 33.9 Å². The lowest BCUT2D eigenvalue weighted by Crippen LogP contribution is -2.47. The lowest BCUT2D eigenvalue weighted by Gasteiger charge is -2.29. The molecule has 0 spiro atoms. The molecule has 2 amide bonds. The highest BCUT2D eigenvalue weighted by Crippen LogP contribution is 2.36. The van der Waals surface area contributed by atoms with E-state index in [0.29, 0.717) is 34.1 Å². The maximum absolute atomic E-state index is 13.0. The lowest BCUT2D eigenvalue weighted by molar-refractivity contribution is -0.127. The van der Waals surface area contributed by atoms with Gasteiger partial charge in [0.25, 0.3) is 5.91 Å². The molecule has 5 nitrogen and oxygen atoms in total. The van der Waals surface area contributed by atoms with E-state index in [0.717, 1.165) is 5.56 Å². The van der Waals surface area contributed by atoms with E-state index < -0.39 is 11.6 Å². The summed E-state index contributed by atoms with van der Waals surface area (Å²) in [5.41, 5.74) is 1.42. The number of rotatable bonds is 4. The molecule has 7 heteroatoms. The van der Waals surface area contributed by atoms with Gasteiger partial charge in [-0.2, -0.15) is 0 Å². The Hall–Kier alpha value is -2.24. The molecular weight excluding hydrogens is 399 g/mol. The third-order valence-corrected chi connectivity index (χ3v) is 5.25. The largest absolute Gasteiger partial charge is 0.508 e. The van der Waals surface area contributed by atoms with Crippen LogP contribution in [0, 0.1) is 0 Å². The maximum Gasteiger partial charge on any atom is 0.255 e. The minimum atomic E-state index is -0.745. The minimum Gasteiger partial charge on any atom is -0.508 e. The fraction of sp³-hybridized carbons (Fsp3) is 0.333. The lowest BCUT2D eigenvalue weighted by atomic mass is 10.0. The molecule has 148 valence electrons. The van der Waals surface area contributed by atoms with E-state index in [1.165, 1.54) is 17.0 Å². The van der Waals surface area contributed by atoms with Gasteiger partial charge < -0.3 is 15.3 Å². The SMILES string of the molecule is CC(C)(C)NC(=O)C1c2ccc(O)cc2C(=O)N1CCc1ccc(Cl)c(Cl)c1. The van der Waals surface area contributed by atoms with E-state index in [9.17, 15) is 14.7 Å². The first kappa shape index (κ1) is 20.5. The van der Waals surface area contributed by atoms with Gasteiger partial charge in [0.2, 0.25) is 5.91 Å². The second-order valence-electron chi connectivity index (χ2n) is 7.91. The number of carbonyl (C=O) groups is 2. The van der Waals surface area contributed by atoms with Crippen LogP contribution in [0.15, 0.2) is 36.4 Å². The fourth-order valence-corrected chi connectivity index (χ4v) is 3.62. The molecule has 2 N–H and O–H groups in total. The average Bonchev–Trinajstić information content (AvgIpc) is 2.86. The van der Waals surface area contributed by atoms with Crippen LogP contribution in [0.4, 0.5) is 0 Å². The molecule has 0 saturated carbocycles. The number of hydrogen-bond acceptors (Lipinski definition) is 3. The van der Waals surface area contributed by atoms with E-state index >= 15 is 0 Å². The molecule has 1 atom stereocenters. The first-order valence-electron chi connectivity index (χ1n) is 8.96. The third-order valence-electron chi connectivity index (χ3n) is 4.51. The zero-order valence-corrected chi connectivity index (χ0v) is 17.4. The number of phenols is 1. The van der Waals surface area contributed by atoms with Crippen molar-refractivity contribution in [3.63, 3.8) is 0 Å². The van der Waals surface area contributed by atoms with Gasteiger partial charge in [0, 0.05) is 17.6 Å². The number of carbonyl (C=O) groups excluding carboxylic acids is 2. The van der Waals surface area contributed by atoms with Crippen molar-refractivity contribution in [1.82, 2.24) is 10.2 Å². The minimum absolute atomic E-state index is 0.00610. The van der Waals surface area contributed by atoms with Crippen molar-refractivity contribution in [1.29, 1.82) is 0 Å². The van der Waals surface area contributed by atoms with Crippen molar-refractivity contribution in [3.8, 4) is 5.75 Å². The molecule has 0 saturated heterocycles. The number of hydrogen-bond donors (Lipinski definition) is 2. The zero-order chi connectivity index (χ0) is 20.6. The van der Waals surface area contributed by atoms with Crippen molar-refractivity contribution in [2.45, 2.75) is 38.8 Å². The number of phenolic OH excluding ortho intramolecular Hbond substituents is 1. The van der Waals surface area contributed by atoms with Crippen LogP contribution < -0.4 is 5.32 Å². The summed E-state index contributed by atoms with van der Waals surface area (Å²) in [6.07, 6.45) is 0.516. The summed E-state index contributed by atoms with van der Waals surface area (Å²) in [6.45, 7) is 5.99. The molecule has 0 fully saturated rings. The smallest absolute Gasteiger partial charge is 0.255 e. The van der Waals surface area contributed by atoms with Gasteiger partial charge in [0.15, 0.2) is 0 Å². The van der Waals surface area contributed by atoms with Crippen LogP contribution >= 0.6 is 23.2 Å². The summed E-state index contributed by atoms with van der Waals surface area (Å²) in [7, 11) is 0. The summed E-state index contributed by atoms with van der Waals surface area (Å²) < 4.78 is 0. The summed E-state index contributed by atoms with van der Waals surface area (Å²) in [5, 5.41) is 13.6. The highest BCUT2D eigenvalue weighted by atomic mass is 35.5. The maximum atomic E-state index is 13.0. The standard InChI is InChI=1S/C21H22Cl2N2O3/c1-21(2,3)24-19(27)18-14-6-5-13(26)11-15(14)20(28)25(18)9-8-12-4-7-16(22)17(23)10-12/h4-7,10-11,18,26H,8-9H2,1-3H3,(H,24,27). The fourth-order valence-electron chi connectivity index (χ4n) is 3.30. The van der Waals surface area contributed by atoms with Gasteiger partial charge >= 0.3 is 0 Å². The van der Waals surface area contributed by atoms with Crippen LogP contribution in [0.3, 0.4) is 0 Å². The first-order chi connectivity index (χ1) is 13.1. The van der Waals surface area contributed by atoms with Gasteiger partial charge in [0.1, 0.15) is 11.8 Å². The summed E-state index contributed by atoms with van der Waals surface area (Å²) in [6, 6.07) is 9.10. The molecule has 3 rings (SSSR count). The van der Waals surface area contributed by atoms with E-state index in [-0.39, 0.29) is 17.6 Å². The molecule has 1 aliphatic rings. The molecule has 0 bridgehead atoms. The van der Waals surface area contributed by atoms with Gasteiger partial charge in [-0.05, 0) is 62.6 Å². The molecule has 0 radical (unpaired) electrons. The Morgan fingerprint density at radius 1 is 1.14 bits per heavy atom. The Labute approximate surface area is 174 Å². The molecule has 1 aliphatic heterocycles. The Balaban J connectivity index is 1.89. The van der Waals surface area contributed by atoms with E-state index in [1.54, 1.807) is 18.2 Å². The van der Waals surface area contributed by atoms with Crippen LogP contribution in [0.2, 0.25) is 10.0 Å². The second-order valence-corrected chi connectivity index (χ2v) is 8.72. The normalized spacial score (nSPS) is 16.2. The Morgan fingerprint density at radius 3 is 2.50 bits per heavy atom. The van der Waals surface area contributed by atoms with Crippen molar-refractivity contribution >= 4 is 35.0 Å². The number of benzene rings is 2. The predicted molar refractivity (Wildman–Crippen MR) is 110 cm³/mol. The van der Waals surface area contributed by atoms with Gasteiger partial charge in [-0.3, -0.25) is 9.59 Å². The van der Waals surface area contributed by atoms with Gasteiger partial charge in [-0.1, -0.05) is 35.3 Å². The van der Waals surface area contributed by atoms with Crippen LogP contribution in [-0.2, 0) is 11.2 Å². The number of nitrogens with one attached hydrogen (secondary N) is 1. The van der Waals surface area contributed by atoms with Crippen LogP contribution in [0.1, 0.15) is 48.3 Å². The highest BCUT2D eigenvalue weighted by Gasteiger charge is 2.41. The number of halogens is 2. The Bertz CT molecular complexity index is 938. The molecule has 0 aliphatic carbocycles. The Kier molecular flexibility index (Phi) is 5.60. The van der Waals surface area contributed by atoms with Gasteiger partial charge in [0.05, 0.1) is 10.0 Å². The van der Waals surface area contributed by atoms with Gasteiger partial charge in [-0.15, -0.1) is 0 Å². The average molecular weight is 421 g/mol. The van der Waals surface area contributed by atoms with Gasteiger partial charge in [-0.25, -0.2) is 0 Å². The Morgan fingerprint density at radius 2 is 1.86 bits per heavy atom. The summed E-state index contributed by atoms with van der Waals surface area (Å²) in [4.78, 5) is 27.5. The van der Waals surface area contributed by atoms with E-state index in [2.05, 4.69) is 5.32 Å². The highest BCUT2D eigenvalue weighted by molar-refractivity contribution is 6.42. The van der Waals surface area contributed by atoms with Crippen LogP contribution in [0.5, 0.6) is 5.75 Å². The summed E-state index contributed by atoms with van der Waals surface area (Å²) >= 11 is 12.0. The predicted octanol–water partition coefficient (Wildman–Crippen LogP) is 4.35. The van der Waals surface area contributed by atoms with Crippen molar-refractivity contribution in [2.75, 3.05) is 6.54 Å². The van der Waals surface area contributed by atoms with Crippen molar-refractivity contribution < 1.29 is 14.7 Å². The molecule has 1 unspecified atom stereocenters. The number of nitrogens with zero attached hydrogens (tertiary/aromatic N) is 1. The molecular formula is C21H22Cl2N2O3.